The van der Waals surface area contributed by atoms with Crippen molar-refractivity contribution in [3.8, 4) is 0 Å². The predicted molar refractivity (Wildman–Crippen MR) is 56.2 cm³/mol. The van der Waals surface area contributed by atoms with Crippen molar-refractivity contribution in [2.45, 2.75) is 50.6 Å². The normalized spacial score (nSPS) is 32.1. The quantitative estimate of drug-likeness (QED) is 0.525. The van der Waals surface area contributed by atoms with Crippen molar-refractivity contribution < 1.29 is 9.88 Å². The summed E-state index contributed by atoms with van der Waals surface area (Å²) >= 11 is 0. The summed E-state index contributed by atoms with van der Waals surface area (Å²) < 4.78 is 0. The van der Waals surface area contributed by atoms with Crippen LogP contribution in [0.3, 0.4) is 0 Å². The fraction of sp³-hybridized carbons (Fsp3) is 1.00. The standard InChI is InChI=1S/C8H18N4O4/c1-8(12(14)16-10)5-3-2-4-7(6-8)11(13)15-9/h7H,2-6,9-10H2,1H3/q-2. The lowest BCUT2D eigenvalue weighted by Crippen LogP contribution is -2.48. The van der Waals surface area contributed by atoms with Crippen LogP contribution in [0.1, 0.15) is 39.0 Å². The fourth-order valence-corrected chi connectivity index (χ4v) is 2.16. The highest BCUT2D eigenvalue weighted by molar-refractivity contribution is 4.90. The van der Waals surface area contributed by atoms with E-state index >= 15 is 0 Å². The van der Waals surface area contributed by atoms with Crippen molar-refractivity contribution >= 4 is 0 Å². The number of nitrogens with two attached hydrogens (primary N) is 2. The molecule has 16 heavy (non-hydrogen) atoms. The summed E-state index contributed by atoms with van der Waals surface area (Å²) in [5, 5.41) is 23.4. The van der Waals surface area contributed by atoms with Crippen LogP contribution in [0.4, 0.5) is 0 Å². The molecule has 0 radical (unpaired) electrons. The molecule has 1 saturated carbocycles. The first-order chi connectivity index (χ1) is 7.53. The third-order valence-electron chi connectivity index (χ3n) is 3.12. The second-order valence-corrected chi connectivity index (χ2v) is 4.35. The van der Waals surface area contributed by atoms with Gasteiger partial charge >= 0.3 is 0 Å². The molecule has 1 aliphatic carbocycles. The zero-order chi connectivity index (χ0) is 12.2. The Bertz CT molecular complexity index is 220. The Morgan fingerprint density at radius 3 is 2.50 bits per heavy atom. The lowest BCUT2D eigenvalue weighted by molar-refractivity contribution is -0.207. The van der Waals surface area contributed by atoms with Gasteiger partial charge in [-0.3, -0.25) is 0 Å². The van der Waals surface area contributed by atoms with Gasteiger partial charge in [-0.15, -0.1) is 0 Å². The Hall–Kier alpha value is -0.320. The van der Waals surface area contributed by atoms with Crippen molar-refractivity contribution in [3.05, 3.63) is 10.4 Å². The molecule has 0 saturated heterocycles. The Balaban J connectivity index is 2.71. The lowest BCUT2D eigenvalue weighted by Gasteiger charge is -2.45. The molecule has 1 fully saturated rings. The average Bonchev–Trinajstić information content (AvgIpc) is 2.50. The smallest absolute Gasteiger partial charge is 0.0336 e. The number of hydrogen-bond donors (Lipinski definition) is 2. The van der Waals surface area contributed by atoms with Crippen molar-refractivity contribution in [2.24, 2.45) is 11.8 Å². The maximum Gasteiger partial charge on any atom is 0.0336 e. The lowest BCUT2D eigenvalue weighted by atomic mass is 9.91. The van der Waals surface area contributed by atoms with E-state index in [0.29, 0.717) is 29.7 Å². The molecule has 8 heteroatoms. The Kier molecular flexibility index (Phi) is 5.02. The number of hydrogen-bond acceptors (Lipinski definition) is 8. The van der Waals surface area contributed by atoms with E-state index in [1.807, 2.05) is 0 Å². The van der Waals surface area contributed by atoms with E-state index in [9.17, 15) is 10.4 Å². The van der Waals surface area contributed by atoms with Gasteiger partial charge in [0.05, 0.1) is 0 Å². The minimum absolute atomic E-state index is 0.300. The van der Waals surface area contributed by atoms with Crippen molar-refractivity contribution in [3.63, 3.8) is 0 Å². The topological polar surface area (TPSA) is 123 Å². The van der Waals surface area contributed by atoms with E-state index in [1.54, 1.807) is 6.92 Å². The molecule has 0 heterocycles. The van der Waals surface area contributed by atoms with E-state index in [1.165, 1.54) is 0 Å². The van der Waals surface area contributed by atoms with Crippen LogP contribution in [0.2, 0.25) is 0 Å². The third-order valence-corrected chi connectivity index (χ3v) is 3.12. The fourth-order valence-electron chi connectivity index (χ4n) is 2.16. The minimum atomic E-state index is -0.822. The molecule has 96 valence electrons. The highest BCUT2D eigenvalue weighted by Crippen LogP contribution is 2.33. The Morgan fingerprint density at radius 1 is 1.25 bits per heavy atom. The summed E-state index contributed by atoms with van der Waals surface area (Å²) in [7, 11) is 0. The summed E-state index contributed by atoms with van der Waals surface area (Å²) in [6.07, 6.45) is 3.21. The maximum atomic E-state index is 11.5. The molecule has 0 spiro atoms. The predicted octanol–water partition coefficient (Wildman–Crippen LogP) is 0.288. The number of hydroxylamine groups is 4. The second-order valence-electron chi connectivity index (χ2n) is 4.35. The molecule has 0 aromatic rings. The molecule has 2 unspecified atom stereocenters. The van der Waals surface area contributed by atoms with Crippen LogP contribution >= 0.6 is 0 Å². The van der Waals surface area contributed by atoms with Gasteiger partial charge in [-0.05, 0) is 26.2 Å². The monoisotopic (exact) mass is 234 g/mol. The number of nitrogens with zero attached hydrogens (tertiary/aromatic N) is 2. The molecular formula is C8H18N4O4-2. The zero-order valence-electron chi connectivity index (χ0n) is 9.30. The van der Waals surface area contributed by atoms with Gasteiger partial charge in [-0.1, -0.05) is 12.8 Å². The first kappa shape index (κ1) is 13.7. The first-order valence-corrected chi connectivity index (χ1v) is 5.21. The molecule has 4 N–H and O–H groups in total. The van der Waals surface area contributed by atoms with Gasteiger partial charge < -0.3 is 10.4 Å². The van der Waals surface area contributed by atoms with Crippen LogP contribution in [0.25, 0.3) is 0 Å². The highest BCUT2D eigenvalue weighted by Gasteiger charge is 2.33. The van der Waals surface area contributed by atoms with Crippen LogP contribution in [0.5, 0.6) is 0 Å². The largest absolute Gasteiger partial charge is 0.760 e. The van der Waals surface area contributed by atoms with E-state index in [0.717, 1.165) is 12.8 Å². The minimum Gasteiger partial charge on any atom is -0.760 e. The Labute approximate surface area is 94.0 Å². The maximum absolute atomic E-state index is 11.5. The molecule has 0 bridgehead atoms. The van der Waals surface area contributed by atoms with Gasteiger partial charge in [-0.2, -0.15) is 11.8 Å². The average molecular weight is 234 g/mol. The van der Waals surface area contributed by atoms with Gasteiger partial charge in [0.2, 0.25) is 0 Å². The van der Waals surface area contributed by atoms with E-state index in [2.05, 4.69) is 9.88 Å². The van der Waals surface area contributed by atoms with Gasteiger partial charge in [0.15, 0.2) is 0 Å². The zero-order valence-corrected chi connectivity index (χ0v) is 9.30. The van der Waals surface area contributed by atoms with Crippen LogP contribution in [0.15, 0.2) is 0 Å². The molecule has 8 nitrogen and oxygen atoms in total. The van der Waals surface area contributed by atoms with E-state index in [-0.39, 0.29) is 0 Å². The van der Waals surface area contributed by atoms with Crippen LogP contribution in [0, 0.1) is 10.4 Å². The highest BCUT2D eigenvalue weighted by atomic mass is 17.0. The molecule has 1 aliphatic rings. The van der Waals surface area contributed by atoms with Gasteiger partial charge in [0.1, 0.15) is 0 Å². The van der Waals surface area contributed by atoms with Crippen molar-refractivity contribution in [1.82, 2.24) is 10.5 Å². The molecule has 0 amide bonds. The van der Waals surface area contributed by atoms with Crippen LogP contribution in [-0.2, 0) is 9.88 Å². The molecule has 0 aromatic carbocycles. The summed E-state index contributed by atoms with van der Waals surface area (Å²) in [6.45, 7) is 1.70. The SMILES string of the molecule is CC1(N([O-])ON)CCCCC(N([O-])ON)C1. The molecule has 1 rings (SSSR count). The van der Waals surface area contributed by atoms with Gasteiger partial charge in [0.25, 0.3) is 0 Å². The summed E-state index contributed by atoms with van der Waals surface area (Å²) in [4.78, 5) is 8.33. The van der Waals surface area contributed by atoms with Crippen LogP contribution < -0.4 is 11.8 Å². The third kappa shape index (κ3) is 3.09. The van der Waals surface area contributed by atoms with Crippen molar-refractivity contribution in [1.29, 1.82) is 0 Å². The first-order valence-electron chi connectivity index (χ1n) is 5.21. The molecule has 2 atom stereocenters. The van der Waals surface area contributed by atoms with Crippen LogP contribution in [-0.4, -0.2) is 22.0 Å². The van der Waals surface area contributed by atoms with Crippen molar-refractivity contribution in [2.75, 3.05) is 0 Å². The van der Waals surface area contributed by atoms with E-state index < -0.39 is 11.6 Å². The van der Waals surface area contributed by atoms with Gasteiger partial charge in [-0.25, -0.2) is 20.3 Å². The molecular weight excluding hydrogens is 216 g/mol. The summed E-state index contributed by atoms with van der Waals surface area (Å²) in [5.74, 6) is 9.68. The summed E-state index contributed by atoms with van der Waals surface area (Å²) in [6, 6.07) is -0.455. The van der Waals surface area contributed by atoms with Gasteiger partial charge in [0, 0.05) is 11.6 Å². The molecule has 0 aliphatic heterocycles. The summed E-state index contributed by atoms with van der Waals surface area (Å²) in [5.41, 5.74) is -0.822. The Morgan fingerprint density at radius 2 is 1.94 bits per heavy atom. The molecule has 0 aromatic heterocycles. The number of rotatable bonds is 4. The van der Waals surface area contributed by atoms with E-state index in [4.69, 9.17) is 11.8 Å². The second kappa shape index (κ2) is 5.84.